The van der Waals surface area contributed by atoms with Gasteiger partial charge < -0.3 is 4.74 Å². The molecule has 1 saturated heterocycles. The topological polar surface area (TPSA) is 12.5 Å². The van der Waals surface area contributed by atoms with E-state index in [1.165, 1.54) is 30.0 Å². The molecule has 2 unspecified atom stereocenters. The molecular weight excluding hydrogens is 493 g/mol. The zero-order valence-electron chi connectivity index (χ0n) is 19.5. The molecule has 3 atom stereocenters. The van der Waals surface area contributed by atoms with Gasteiger partial charge in [-0.05, 0) is 54.8 Å². The second-order valence-corrected chi connectivity index (χ2v) is 10.3. The zero-order valence-corrected chi connectivity index (χ0v) is 20.3. The fourth-order valence-electron chi connectivity index (χ4n) is 5.23. The molecule has 8 heteroatoms. The van der Waals surface area contributed by atoms with E-state index in [2.05, 4.69) is 0 Å². The molecule has 3 aromatic rings. The minimum atomic E-state index is -4.30. The molecule has 2 aliphatic heterocycles. The van der Waals surface area contributed by atoms with Gasteiger partial charge in [-0.1, -0.05) is 42.5 Å². The van der Waals surface area contributed by atoms with Gasteiger partial charge in [0.05, 0.1) is 12.5 Å². The van der Waals surface area contributed by atoms with Crippen LogP contribution in [0.5, 0.6) is 5.75 Å². The highest BCUT2D eigenvalue weighted by molar-refractivity contribution is 7.98. The minimum absolute atomic E-state index is 0.0264. The van der Waals surface area contributed by atoms with E-state index in [1.54, 1.807) is 18.2 Å². The predicted octanol–water partition coefficient (Wildman–Crippen LogP) is 8.10. The van der Waals surface area contributed by atoms with Crippen molar-refractivity contribution in [2.45, 2.75) is 48.2 Å². The third kappa shape index (κ3) is 5.39. The van der Waals surface area contributed by atoms with Crippen molar-refractivity contribution in [3.05, 3.63) is 95.1 Å². The van der Waals surface area contributed by atoms with Gasteiger partial charge in [0, 0.05) is 34.7 Å². The summed E-state index contributed by atoms with van der Waals surface area (Å²) in [5.74, 6) is -1.06. The number of halogens is 5. The summed E-state index contributed by atoms with van der Waals surface area (Å²) in [4.78, 5) is 2.50. The summed E-state index contributed by atoms with van der Waals surface area (Å²) >= 11 is 1.38. The fraction of sp³-hybridized carbons (Fsp3) is 0.357. The maximum Gasteiger partial charge on any atom is 0.391 e. The number of likely N-dealkylation sites (tertiary alicyclic amines) is 1. The van der Waals surface area contributed by atoms with Crippen LogP contribution in [0.4, 0.5) is 22.0 Å². The number of fused-ring (bicyclic) bond motifs is 1. The lowest BCUT2D eigenvalue weighted by Gasteiger charge is -2.46. The number of hydrogen-bond acceptors (Lipinski definition) is 3. The standard InChI is InChI=1S/C28H26F5NOS/c29-21-8-6-19(7-9-21)25-14-20(28(31,32)33)10-12-34(25)24-11-13-35-26-16-27(23(30)15-22(24)26)36-17-18-4-2-1-3-5-18/h1-9,15-16,20,24-25H,10-14,17H2/t20?,24-,25?/m1/s1. The molecule has 36 heavy (non-hydrogen) atoms. The Bertz CT molecular complexity index is 1190. The molecular formula is C28H26F5NOS. The van der Waals surface area contributed by atoms with E-state index in [9.17, 15) is 17.6 Å². The van der Waals surface area contributed by atoms with E-state index in [1.807, 2.05) is 35.2 Å². The average Bonchev–Trinajstić information content (AvgIpc) is 2.87. The summed E-state index contributed by atoms with van der Waals surface area (Å²) < 4.78 is 75.6. The molecule has 0 bridgehead atoms. The molecule has 1 fully saturated rings. The SMILES string of the molecule is Fc1ccc(C2CC(C(F)(F)F)CCN2[C@@H]2CCOc3cc(SCc4ccccc4)c(F)cc32)cc1. The highest BCUT2D eigenvalue weighted by atomic mass is 32.2. The molecule has 190 valence electrons. The first kappa shape index (κ1) is 25.1. The van der Waals surface area contributed by atoms with Crippen molar-refractivity contribution in [1.29, 1.82) is 0 Å². The second kappa shape index (κ2) is 10.4. The van der Waals surface area contributed by atoms with E-state index in [-0.39, 0.29) is 31.2 Å². The second-order valence-electron chi connectivity index (χ2n) is 9.32. The van der Waals surface area contributed by atoms with Crippen molar-refractivity contribution in [1.82, 2.24) is 4.90 Å². The van der Waals surface area contributed by atoms with Crippen LogP contribution in [-0.4, -0.2) is 24.2 Å². The summed E-state index contributed by atoms with van der Waals surface area (Å²) in [6.07, 6.45) is -3.90. The van der Waals surface area contributed by atoms with Crippen LogP contribution in [0.25, 0.3) is 0 Å². The Morgan fingerprint density at radius 2 is 1.67 bits per heavy atom. The van der Waals surface area contributed by atoms with Crippen LogP contribution in [0.2, 0.25) is 0 Å². The number of thioether (sulfide) groups is 1. The van der Waals surface area contributed by atoms with Gasteiger partial charge in [-0.15, -0.1) is 11.8 Å². The third-order valence-electron chi connectivity index (χ3n) is 7.07. The third-order valence-corrected chi connectivity index (χ3v) is 8.17. The number of alkyl halides is 3. The molecule has 2 nitrogen and oxygen atoms in total. The normalized spacial score (nSPS) is 22.6. The van der Waals surface area contributed by atoms with E-state index < -0.39 is 24.0 Å². The van der Waals surface area contributed by atoms with Crippen molar-refractivity contribution in [2.75, 3.05) is 13.2 Å². The molecule has 5 rings (SSSR count). The first-order chi connectivity index (χ1) is 17.3. The average molecular weight is 520 g/mol. The number of piperidine rings is 1. The van der Waals surface area contributed by atoms with E-state index in [0.29, 0.717) is 40.6 Å². The van der Waals surface area contributed by atoms with E-state index >= 15 is 4.39 Å². The Kier molecular flexibility index (Phi) is 7.26. The summed E-state index contributed by atoms with van der Waals surface area (Å²) in [7, 11) is 0. The highest BCUT2D eigenvalue weighted by Gasteiger charge is 2.46. The largest absolute Gasteiger partial charge is 0.493 e. The Morgan fingerprint density at radius 3 is 2.39 bits per heavy atom. The van der Waals surface area contributed by atoms with Crippen LogP contribution in [0, 0.1) is 17.6 Å². The van der Waals surface area contributed by atoms with Crippen molar-refractivity contribution in [2.24, 2.45) is 5.92 Å². The van der Waals surface area contributed by atoms with Gasteiger partial charge >= 0.3 is 6.18 Å². The Balaban J connectivity index is 1.43. The molecule has 0 saturated carbocycles. The maximum absolute atomic E-state index is 15.2. The van der Waals surface area contributed by atoms with Crippen LogP contribution in [0.15, 0.2) is 71.6 Å². The Morgan fingerprint density at radius 1 is 0.917 bits per heavy atom. The van der Waals surface area contributed by atoms with Crippen LogP contribution >= 0.6 is 11.8 Å². The molecule has 0 spiro atoms. The quantitative estimate of drug-likeness (QED) is 0.250. The van der Waals surface area contributed by atoms with Gasteiger partial charge in [0.15, 0.2) is 0 Å². The monoisotopic (exact) mass is 519 g/mol. The first-order valence-corrected chi connectivity index (χ1v) is 13.0. The van der Waals surface area contributed by atoms with Crippen LogP contribution in [0.1, 0.15) is 48.0 Å². The minimum Gasteiger partial charge on any atom is -0.493 e. The first-order valence-electron chi connectivity index (χ1n) is 12.0. The summed E-state index contributed by atoms with van der Waals surface area (Å²) in [5.41, 5.74) is 2.36. The van der Waals surface area contributed by atoms with Crippen molar-refractivity contribution in [3.63, 3.8) is 0 Å². The lowest BCUT2D eigenvalue weighted by Crippen LogP contribution is -2.44. The van der Waals surface area contributed by atoms with Crippen molar-refractivity contribution in [3.8, 4) is 5.75 Å². The van der Waals surface area contributed by atoms with E-state index in [4.69, 9.17) is 4.74 Å². The van der Waals surface area contributed by atoms with Crippen LogP contribution < -0.4 is 4.74 Å². The summed E-state index contributed by atoms with van der Waals surface area (Å²) in [6, 6.07) is 17.8. The van der Waals surface area contributed by atoms with Crippen molar-refractivity contribution >= 4 is 11.8 Å². The molecule has 0 amide bonds. The molecule has 2 aliphatic rings. The molecule has 2 heterocycles. The lowest BCUT2D eigenvalue weighted by molar-refractivity contribution is -0.192. The van der Waals surface area contributed by atoms with Gasteiger partial charge in [-0.2, -0.15) is 13.2 Å². The highest BCUT2D eigenvalue weighted by Crippen LogP contribution is 2.48. The van der Waals surface area contributed by atoms with Crippen LogP contribution in [0.3, 0.4) is 0 Å². The number of benzene rings is 3. The molecule has 0 radical (unpaired) electrons. The van der Waals surface area contributed by atoms with Gasteiger partial charge in [0.25, 0.3) is 0 Å². The Hall–Kier alpha value is -2.58. The van der Waals surface area contributed by atoms with Crippen molar-refractivity contribution < 1.29 is 26.7 Å². The van der Waals surface area contributed by atoms with Gasteiger partial charge in [-0.25, -0.2) is 8.78 Å². The van der Waals surface area contributed by atoms with E-state index in [0.717, 1.165) is 5.56 Å². The maximum atomic E-state index is 15.2. The molecule has 0 N–H and O–H groups in total. The molecule has 0 aliphatic carbocycles. The smallest absolute Gasteiger partial charge is 0.391 e. The van der Waals surface area contributed by atoms with Crippen LogP contribution in [-0.2, 0) is 5.75 Å². The molecule has 3 aromatic carbocycles. The number of hydrogen-bond donors (Lipinski definition) is 0. The molecule has 0 aromatic heterocycles. The van der Waals surface area contributed by atoms with Gasteiger partial charge in [0.1, 0.15) is 17.4 Å². The summed E-state index contributed by atoms with van der Waals surface area (Å²) in [5, 5.41) is 0. The Labute approximate surface area is 211 Å². The predicted molar refractivity (Wildman–Crippen MR) is 130 cm³/mol. The zero-order chi connectivity index (χ0) is 25.3. The fourth-order valence-corrected chi connectivity index (χ4v) is 6.13. The van der Waals surface area contributed by atoms with Gasteiger partial charge in [-0.3, -0.25) is 4.90 Å². The summed E-state index contributed by atoms with van der Waals surface area (Å²) in [6.45, 7) is 0.601. The number of ether oxygens (including phenoxy) is 1. The van der Waals surface area contributed by atoms with Gasteiger partial charge in [0.2, 0.25) is 0 Å². The lowest BCUT2D eigenvalue weighted by atomic mass is 9.84. The number of nitrogens with zero attached hydrogens (tertiary/aromatic N) is 1. The number of rotatable bonds is 5.